The average molecular weight is 727 g/mol. The number of piperazine rings is 1. The zero-order valence-corrected chi connectivity index (χ0v) is 33.3. The maximum Gasteiger partial charge on any atom is 0.225 e. The molecule has 9 heteroatoms. The average Bonchev–Trinajstić information content (AvgIpc) is 3.14. The molecule has 0 bridgehead atoms. The lowest BCUT2D eigenvalue weighted by Crippen LogP contribution is -2.47. The molecule has 1 aromatic heterocycles. The van der Waals surface area contributed by atoms with Gasteiger partial charge < -0.3 is 10.0 Å². The SMILES string of the molecule is C=CC.CC.CCCCN(CN(C(C)=O)C(C)=C(C)C)c1nc(CN2CCN(C(c3ccc(O)cc3)c3ccc(Cl)cc3)CC2)nc2ccccc12. The molecule has 0 spiro atoms. The highest BCUT2D eigenvalue weighted by Crippen LogP contribution is 2.32. The van der Waals surface area contributed by atoms with Gasteiger partial charge in [0.25, 0.3) is 0 Å². The number of fused-ring (bicyclic) bond motifs is 1. The smallest absolute Gasteiger partial charge is 0.225 e. The predicted octanol–water partition coefficient (Wildman–Crippen LogP) is 9.84. The zero-order valence-electron chi connectivity index (χ0n) is 32.6. The van der Waals surface area contributed by atoms with Crippen molar-refractivity contribution in [1.82, 2.24) is 24.7 Å². The Morgan fingerprint density at radius 3 is 2.06 bits per heavy atom. The first kappa shape index (κ1) is 42.2. The number of para-hydroxylation sites is 1. The van der Waals surface area contributed by atoms with Gasteiger partial charge >= 0.3 is 0 Å². The molecule has 4 aromatic rings. The third-order valence-electron chi connectivity index (χ3n) is 9.06. The lowest BCUT2D eigenvalue weighted by molar-refractivity contribution is -0.127. The highest BCUT2D eigenvalue weighted by Gasteiger charge is 2.28. The van der Waals surface area contributed by atoms with Crippen LogP contribution in [0.25, 0.3) is 10.9 Å². The van der Waals surface area contributed by atoms with Crippen molar-refractivity contribution >= 4 is 34.2 Å². The van der Waals surface area contributed by atoms with Crippen LogP contribution in [0.4, 0.5) is 5.82 Å². The van der Waals surface area contributed by atoms with Crippen LogP contribution in [0.15, 0.2) is 96.7 Å². The number of phenols is 1. The van der Waals surface area contributed by atoms with E-state index in [1.165, 1.54) is 5.56 Å². The van der Waals surface area contributed by atoms with Gasteiger partial charge in [-0.15, -0.1) is 6.58 Å². The Morgan fingerprint density at radius 1 is 0.923 bits per heavy atom. The molecular formula is C43H59ClN6O2. The first-order valence-corrected chi connectivity index (χ1v) is 18.9. The molecule has 0 radical (unpaired) electrons. The maximum absolute atomic E-state index is 12.8. The summed E-state index contributed by atoms with van der Waals surface area (Å²) in [6, 6.07) is 23.8. The molecule has 3 aromatic carbocycles. The Morgan fingerprint density at radius 2 is 1.50 bits per heavy atom. The Labute approximate surface area is 317 Å². The van der Waals surface area contributed by atoms with Gasteiger partial charge in [-0.2, -0.15) is 0 Å². The van der Waals surface area contributed by atoms with Gasteiger partial charge in [0.2, 0.25) is 5.91 Å². The van der Waals surface area contributed by atoms with Crippen molar-refractivity contribution in [2.45, 2.75) is 80.8 Å². The summed E-state index contributed by atoms with van der Waals surface area (Å²) in [5.41, 5.74) is 5.31. The van der Waals surface area contributed by atoms with Gasteiger partial charge in [0, 0.05) is 55.8 Å². The minimum atomic E-state index is 0.0193. The maximum atomic E-state index is 12.8. The molecule has 1 N–H and O–H groups in total. The number of amides is 1. The minimum absolute atomic E-state index is 0.0193. The molecule has 280 valence electrons. The first-order valence-electron chi connectivity index (χ1n) is 18.6. The number of aromatic nitrogens is 2. The van der Waals surface area contributed by atoms with E-state index in [0.717, 1.165) is 84.9 Å². The molecule has 0 saturated carbocycles. The Kier molecular flexibility index (Phi) is 17.3. The Hall–Kier alpha value is -4.24. The van der Waals surface area contributed by atoms with E-state index in [-0.39, 0.29) is 17.7 Å². The van der Waals surface area contributed by atoms with E-state index >= 15 is 0 Å². The summed E-state index contributed by atoms with van der Waals surface area (Å²) in [6.07, 6.45) is 3.78. The van der Waals surface area contributed by atoms with Crippen LogP contribution >= 0.6 is 11.6 Å². The molecule has 1 atom stereocenters. The summed E-state index contributed by atoms with van der Waals surface area (Å²) >= 11 is 6.23. The van der Waals surface area contributed by atoms with E-state index in [1.807, 2.05) is 82.8 Å². The molecule has 0 aliphatic carbocycles. The number of nitrogens with zero attached hydrogens (tertiary/aromatic N) is 6. The van der Waals surface area contributed by atoms with Gasteiger partial charge in [-0.25, -0.2) is 9.97 Å². The molecule has 1 fully saturated rings. The number of phenolic OH excluding ortho intramolecular Hbond substituents is 1. The summed E-state index contributed by atoms with van der Waals surface area (Å²) in [5, 5.41) is 11.6. The van der Waals surface area contributed by atoms with Gasteiger partial charge in [-0.3, -0.25) is 19.5 Å². The molecule has 2 heterocycles. The van der Waals surface area contributed by atoms with Crippen LogP contribution in [0.1, 0.15) is 91.2 Å². The van der Waals surface area contributed by atoms with Gasteiger partial charge in [-0.1, -0.05) is 86.8 Å². The highest BCUT2D eigenvalue weighted by atomic mass is 35.5. The van der Waals surface area contributed by atoms with Crippen LogP contribution in [0.3, 0.4) is 0 Å². The molecule has 1 amide bonds. The number of allylic oxidation sites excluding steroid dienone is 3. The van der Waals surface area contributed by atoms with Gasteiger partial charge in [0.05, 0.1) is 24.8 Å². The van der Waals surface area contributed by atoms with E-state index in [4.69, 9.17) is 21.6 Å². The standard InChI is InChI=1S/C38H47ClN6O2.C3H6.C2H6/c1-6-7-20-44(26-45(29(5)46)28(4)27(2)3)38-34-10-8-9-11-35(34)40-36(41-38)25-42-21-23-43(24-22-42)37(30-12-16-32(39)17-13-30)31-14-18-33(47)19-15-31;1-3-2;1-2/h8-19,37,47H,6-7,20-26H2,1-5H3;3H,1H2,2H3;1-2H3. The van der Waals surface area contributed by atoms with Crippen LogP contribution < -0.4 is 4.90 Å². The van der Waals surface area contributed by atoms with Crippen molar-refractivity contribution in [3.63, 3.8) is 0 Å². The third-order valence-corrected chi connectivity index (χ3v) is 9.31. The molecule has 5 rings (SSSR count). The third kappa shape index (κ3) is 11.6. The molecule has 1 aliphatic rings. The summed E-state index contributed by atoms with van der Waals surface area (Å²) < 4.78 is 0. The number of anilines is 1. The Balaban J connectivity index is 0.00000139. The summed E-state index contributed by atoms with van der Waals surface area (Å²) in [6.45, 7) is 24.5. The molecule has 8 nitrogen and oxygen atoms in total. The van der Waals surface area contributed by atoms with Crippen molar-refractivity contribution in [3.05, 3.63) is 119 Å². The topological polar surface area (TPSA) is 76.0 Å². The Bertz CT molecular complexity index is 1680. The summed E-state index contributed by atoms with van der Waals surface area (Å²) in [5.74, 6) is 1.94. The second-order valence-corrected chi connectivity index (χ2v) is 13.5. The molecule has 1 unspecified atom stereocenters. The second-order valence-electron chi connectivity index (χ2n) is 13.0. The number of benzene rings is 3. The van der Waals surface area contributed by atoms with Crippen LogP contribution in [0.2, 0.25) is 5.02 Å². The second kappa shape index (κ2) is 21.3. The van der Waals surface area contributed by atoms with Crippen LogP contribution in [0.5, 0.6) is 5.75 Å². The fourth-order valence-corrected chi connectivity index (χ4v) is 6.31. The number of carbonyl (C=O) groups excluding carboxylic acids is 1. The number of unbranched alkanes of at least 4 members (excludes halogenated alkanes) is 1. The van der Waals surface area contributed by atoms with Crippen molar-refractivity contribution in [2.24, 2.45) is 0 Å². The first-order chi connectivity index (χ1) is 25.1. The van der Waals surface area contributed by atoms with E-state index < -0.39 is 0 Å². The van der Waals surface area contributed by atoms with Crippen LogP contribution in [0, 0.1) is 0 Å². The number of halogens is 1. The normalized spacial score (nSPS) is 13.6. The van der Waals surface area contributed by atoms with E-state index in [1.54, 1.807) is 25.1 Å². The van der Waals surface area contributed by atoms with Crippen molar-refractivity contribution in [2.75, 3.05) is 44.3 Å². The van der Waals surface area contributed by atoms with Crippen LogP contribution in [-0.2, 0) is 11.3 Å². The van der Waals surface area contributed by atoms with Crippen molar-refractivity contribution < 1.29 is 9.90 Å². The quantitative estimate of drug-likeness (QED) is 0.115. The molecule has 1 saturated heterocycles. The number of carbonyl (C=O) groups is 1. The minimum Gasteiger partial charge on any atom is -0.508 e. The van der Waals surface area contributed by atoms with Crippen molar-refractivity contribution in [3.8, 4) is 5.75 Å². The number of hydrogen-bond acceptors (Lipinski definition) is 7. The zero-order chi connectivity index (χ0) is 38.2. The van der Waals surface area contributed by atoms with Crippen molar-refractivity contribution in [1.29, 1.82) is 0 Å². The lowest BCUT2D eigenvalue weighted by Gasteiger charge is -2.39. The molecular weight excluding hydrogens is 668 g/mol. The molecule has 1 aliphatic heterocycles. The fraction of sp³-hybridized carbons (Fsp3) is 0.419. The van der Waals surface area contributed by atoms with E-state index in [0.29, 0.717) is 18.2 Å². The number of hydrogen-bond donors (Lipinski definition) is 1. The monoisotopic (exact) mass is 726 g/mol. The number of rotatable bonds is 12. The van der Waals surface area contributed by atoms with Gasteiger partial charge in [0.15, 0.2) is 0 Å². The predicted molar refractivity (Wildman–Crippen MR) is 219 cm³/mol. The van der Waals surface area contributed by atoms with E-state index in [2.05, 4.69) is 52.5 Å². The van der Waals surface area contributed by atoms with Gasteiger partial charge in [-0.05, 0) is 81.6 Å². The summed E-state index contributed by atoms with van der Waals surface area (Å²) in [7, 11) is 0. The lowest BCUT2D eigenvalue weighted by atomic mass is 9.96. The fourth-order valence-electron chi connectivity index (χ4n) is 6.19. The van der Waals surface area contributed by atoms with Crippen LogP contribution in [-0.4, -0.2) is 75.1 Å². The van der Waals surface area contributed by atoms with E-state index in [9.17, 15) is 9.90 Å². The highest BCUT2D eigenvalue weighted by molar-refractivity contribution is 6.30. The van der Waals surface area contributed by atoms with Gasteiger partial charge in [0.1, 0.15) is 17.4 Å². The molecule has 52 heavy (non-hydrogen) atoms. The number of aromatic hydroxyl groups is 1. The summed E-state index contributed by atoms with van der Waals surface area (Å²) in [4.78, 5) is 32.0. The largest absolute Gasteiger partial charge is 0.508 e.